The second-order valence-corrected chi connectivity index (χ2v) is 6.52. The van der Waals surface area contributed by atoms with Crippen LogP contribution in [0.25, 0.3) is 0 Å². The summed E-state index contributed by atoms with van der Waals surface area (Å²) in [7, 11) is 1.71. The van der Waals surface area contributed by atoms with Gasteiger partial charge in [-0.3, -0.25) is 0 Å². The van der Waals surface area contributed by atoms with Gasteiger partial charge in [-0.2, -0.15) is 0 Å². The van der Waals surface area contributed by atoms with Crippen molar-refractivity contribution in [2.24, 2.45) is 0 Å². The van der Waals surface area contributed by atoms with Crippen LogP contribution in [0.4, 0.5) is 0 Å². The monoisotopic (exact) mass is 355 g/mol. The van der Waals surface area contributed by atoms with E-state index in [1.54, 1.807) is 7.11 Å². The van der Waals surface area contributed by atoms with Crippen LogP contribution in [0.5, 0.6) is 11.5 Å². The molecule has 0 saturated heterocycles. The average molecular weight is 356 g/mol. The van der Waals surface area contributed by atoms with E-state index >= 15 is 0 Å². The summed E-state index contributed by atoms with van der Waals surface area (Å²) >= 11 is 3.64. The Hall–Kier alpha value is -0.740. The molecular weight excluding hydrogens is 330 g/mol. The molecule has 2 rings (SSSR count). The van der Waals surface area contributed by atoms with Gasteiger partial charge in [0, 0.05) is 6.54 Å². The molecule has 0 atom stereocenters. The Morgan fingerprint density at radius 1 is 1.24 bits per heavy atom. The summed E-state index contributed by atoms with van der Waals surface area (Å²) in [5.74, 6) is 1.67. The largest absolute Gasteiger partial charge is 0.493 e. The highest BCUT2D eigenvalue weighted by atomic mass is 79.9. The normalized spacial score (nSPS) is 16.0. The lowest BCUT2D eigenvalue weighted by Gasteiger charge is -2.25. The second kappa shape index (κ2) is 8.64. The van der Waals surface area contributed by atoms with Gasteiger partial charge in [-0.25, -0.2) is 0 Å². The number of benzene rings is 1. The van der Waals surface area contributed by atoms with Crippen LogP contribution in [0.1, 0.15) is 51.0 Å². The van der Waals surface area contributed by atoms with Crippen molar-refractivity contribution in [1.82, 2.24) is 5.32 Å². The van der Waals surface area contributed by atoms with Gasteiger partial charge in [-0.05, 0) is 72.3 Å². The van der Waals surface area contributed by atoms with Gasteiger partial charge in [-0.15, -0.1) is 0 Å². The molecule has 1 fully saturated rings. The standard InChI is InChI=1S/C17H26BrNO2/c1-3-9-19-12-13-10-15(18)17(16(11-13)20-2)21-14-7-5-4-6-8-14/h10-11,14,19H,3-9,12H2,1-2H3. The maximum absolute atomic E-state index is 6.20. The number of halogens is 1. The first-order chi connectivity index (χ1) is 10.2. The van der Waals surface area contributed by atoms with Crippen molar-refractivity contribution in [3.63, 3.8) is 0 Å². The average Bonchev–Trinajstić information content (AvgIpc) is 2.51. The molecule has 0 amide bonds. The first-order valence-corrected chi connectivity index (χ1v) is 8.77. The minimum Gasteiger partial charge on any atom is -0.493 e. The summed E-state index contributed by atoms with van der Waals surface area (Å²) in [6.45, 7) is 4.05. The summed E-state index contributed by atoms with van der Waals surface area (Å²) in [5, 5.41) is 3.41. The summed E-state index contributed by atoms with van der Waals surface area (Å²) in [6, 6.07) is 4.20. The Labute approximate surface area is 136 Å². The van der Waals surface area contributed by atoms with Gasteiger partial charge in [0.2, 0.25) is 0 Å². The number of ether oxygens (including phenoxy) is 2. The Kier molecular flexibility index (Phi) is 6.84. The Bertz CT molecular complexity index is 445. The molecule has 1 saturated carbocycles. The van der Waals surface area contributed by atoms with E-state index in [4.69, 9.17) is 9.47 Å². The number of methoxy groups -OCH3 is 1. The van der Waals surface area contributed by atoms with Crippen molar-refractivity contribution in [1.29, 1.82) is 0 Å². The topological polar surface area (TPSA) is 30.5 Å². The molecule has 0 heterocycles. The van der Waals surface area contributed by atoms with Gasteiger partial charge in [0.25, 0.3) is 0 Å². The second-order valence-electron chi connectivity index (χ2n) is 5.66. The minimum absolute atomic E-state index is 0.327. The Balaban J connectivity index is 2.08. The van der Waals surface area contributed by atoms with E-state index < -0.39 is 0 Å². The zero-order valence-corrected chi connectivity index (χ0v) is 14.7. The van der Waals surface area contributed by atoms with E-state index in [0.717, 1.165) is 48.3 Å². The van der Waals surface area contributed by atoms with Crippen LogP contribution < -0.4 is 14.8 Å². The fraction of sp³-hybridized carbons (Fsp3) is 0.647. The lowest BCUT2D eigenvalue weighted by Crippen LogP contribution is -2.20. The quantitative estimate of drug-likeness (QED) is 0.721. The van der Waals surface area contributed by atoms with Crippen molar-refractivity contribution < 1.29 is 9.47 Å². The van der Waals surface area contributed by atoms with Crippen molar-refractivity contribution >= 4 is 15.9 Å². The molecule has 0 aliphatic heterocycles. The summed E-state index contributed by atoms with van der Waals surface area (Å²) in [4.78, 5) is 0. The minimum atomic E-state index is 0.327. The van der Waals surface area contributed by atoms with Crippen LogP contribution in [0.2, 0.25) is 0 Å². The molecule has 21 heavy (non-hydrogen) atoms. The molecule has 1 aromatic carbocycles. The van der Waals surface area contributed by atoms with Gasteiger partial charge in [0.1, 0.15) is 0 Å². The third-order valence-corrected chi connectivity index (χ3v) is 4.47. The third kappa shape index (κ3) is 4.89. The lowest BCUT2D eigenvalue weighted by molar-refractivity contribution is 0.148. The molecule has 1 N–H and O–H groups in total. The molecule has 3 nitrogen and oxygen atoms in total. The zero-order valence-electron chi connectivity index (χ0n) is 13.1. The van der Waals surface area contributed by atoms with Crippen molar-refractivity contribution in [3.05, 3.63) is 22.2 Å². The fourth-order valence-electron chi connectivity index (χ4n) is 2.75. The molecule has 0 radical (unpaired) electrons. The fourth-order valence-corrected chi connectivity index (χ4v) is 3.33. The highest BCUT2D eigenvalue weighted by molar-refractivity contribution is 9.10. The van der Waals surface area contributed by atoms with Crippen molar-refractivity contribution in [2.75, 3.05) is 13.7 Å². The predicted molar refractivity (Wildman–Crippen MR) is 90.2 cm³/mol. The molecular formula is C17H26BrNO2. The molecule has 118 valence electrons. The van der Waals surface area contributed by atoms with E-state index in [1.165, 1.54) is 24.8 Å². The van der Waals surface area contributed by atoms with Gasteiger partial charge < -0.3 is 14.8 Å². The van der Waals surface area contributed by atoms with Crippen LogP contribution in [0, 0.1) is 0 Å². The van der Waals surface area contributed by atoms with Crippen LogP contribution in [0.3, 0.4) is 0 Å². The molecule has 1 aromatic rings. The number of rotatable bonds is 7. The van der Waals surface area contributed by atoms with E-state index in [0.29, 0.717) is 6.10 Å². The van der Waals surface area contributed by atoms with E-state index in [1.807, 2.05) is 0 Å². The number of nitrogens with one attached hydrogen (secondary N) is 1. The van der Waals surface area contributed by atoms with E-state index in [9.17, 15) is 0 Å². The predicted octanol–water partition coefficient (Wildman–Crippen LogP) is 4.67. The first-order valence-electron chi connectivity index (χ1n) is 7.98. The molecule has 4 heteroatoms. The first kappa shape index (κ1) is 16.6. The van der Waals surface area contributed by atoms with Crippen LogP contribution >= 0.6 is 15.9 Å². The van der Waals surface area contributed by atoms with Crippen LogP contribution in [-0.2, 0) is 6.54 Å². The zero-order chi connectivity index (χ0) is 15.1. The summed E-state index contributed by atoms with van der Waals surface area (Å²) < 4.78 is 12.7. The molecule has 0 unspecified atom stereocenters. The Morgan fingerprint density at radius 3 is 2.67 bits per heavy atom. The molecule has 0 bridgehead atoms. The van der Waals surface area contributed by atoms with Crippen molar-refractivity contribution in [3.8, 4) is 11.5 Å². The van der Waals surface area contributed by atoms with Gasteiger partial charge >= 0.3 is 0 Å². The maximum Gasteiger partial charge on any atom is 0.175 e. The van der Waals surface area contributed by atoms with Gasteiger partial charge in [-0.1, -0.05) is 13.3 Å². The van der Waals surface area contributed by atoms with Gasteiger partial charge in [0.05, 0.1) is 17.7 Å². The SMILES string of the molecule is CCCNCc1cc(Br)c(OC2CCCCC2)c(OC)c1. The van der Waals surface area contributed by atoms with Crippen LogP contribution in [-0.4, -0.2) is 19.8 Å². The van der Waals surface area contributed by atoms with E-state index in [2.05, 4.69) is 40.3 Å². The summed E-state index contributed by atoms with van der Waals surface area (Å²) in [6.07, 6.45) is 7.63. The van der Waals surface area contributed by atoms with E-state index in [-0.39, 0.29) is 0 Å². The highest BCUT2D eigenvalue weighted by Gasteiger charge is 2.19. The number of hydrogen-bond acceptors (Lipinski definition) is 3. The Morgan fingerprint density at radius 2 is 2.00 bits per heavy atom. The van der Waals surface area contributed by atoms with Crippen LogP contribution in [0.15, 0.2) is 16.6 Å². The highest BCUT2D eigenvalue weighted by Crippen LogP contribution is 2.38. The van der Waals surface area contributed by atoms with Gasteiger partial charge in [0.15, 0.2) is 11.5 Å². The summed E-state index contributed by atoms with van der Waals surface area (Å²) in [5.41, 5.74) is 1.21. The lowest BCUT2D eigenvalue weighted by atomic mass is 9.98. The molecule has 0 aromatic heterocycles. The molecule has 0 spiro atoms. The third-order valence-electron chi connectivity index (χ3n) is 3.88. The number of hydrogen-bond donors (Lipinski definition) is 1. The molecule has 1 aliphatic rings. The molecule has 1 aliphatic carbocycles. The maximum atomic E-state index is 6.20. The van der Waals surface area contributed by atoms with Crippen molar-refractivity contribution in [2.45, 2.75) is 58.1 Å². The smallest absolute Gasteiger partial charge is 0.175 e.